The van der Waals surface area contributed by atoms with Crippen LogP contribution in [0.5, 0.6) is 0 Å². The highest BCUT2D eigenvalue weighted by atomic mass is 35.5. The number of nitrogens with one attached hydrogen (secondary N) is 1. The molecule has 0 saturated heterocycles. The van der Waals surface area contributed by atoms with Gasteiger partial charge in [0.1, 0.15) is 6.54 Å². The van der Waals surface area contributed by atoms with Crippen LogP contribution in [0.2, 0.25) is 0 Å². The first-order valence-corrected chi connectivity index (χ1v) is 4.41. The van der Waals surface area contributed by atoms with Crippen molar-refractivity contribution in [1.29, 1.82) is 0 Å². The zero-order valence-corrected chi connectivity index (χ0v) is 9.33. The van der Waals surface area contributed by atoms with Crippen molar-refractivity contribution in [1.82, 2.24) is 0 Å². The van der Waals surface area contributed by atoms with Crippen LogP contribution < -0.4 is 11.1 Å². The van der Waals surface area contributed by atoms with Gasteiger partial charge >= 0.3 is 5.97 Å². The molecule has 0 spiro atoms. The predicted octanol–water partition coefficient (Wildman–Crippen LogP) is 0.549. The molecule has 1 aromatic rings. The highest BCUT2D eigenvalue weighted by Crippen LogP contribution is 2.03. The molecule has 0 aliphatic carbocycles. The molecule has 0 aliphatic rings. The van der Waals surface area contributed by atoms with Crippen molar-refractivity contribution in [2.45, 2.75) is 0 Å². The van der Waals surface area contributed by atoms with E-state index in [-0.39, 0.29) is 25.6 Å². The van der Waals surface area contributed by atoms with Gasteiger partial charge < -0.3 is 15.8 Å². The molecule has 3 N–H and O–H groups in total. The predicted molar refractivity (Wildman–Crippen MR) is 62.3 cm³/mol. The average Bonchev–Trinajstić information content (AvgIpc) is 2.25. The third kappa shape index (κ3) is 5.87. The molecule has 0 heterocycles. The van der Waals surface area contributed by atoms with Gasteiger partial charge in [-0.2, -0.15) is 0 Å². The van der Waals surface area contributed by atoms with Gasteiger partial charge in [-0.15, -0.1) is 12.4 Å². The van der Waals surface area contributed by atoms with Crippen molar-refractivity contribution in [2.75, 3.05) is 18.5 Å². The van der Waals surface area contributed by atoms with Crippen LogP contribution in [0.25, 0.3) is 0 Å². The number of para-hydroxylation sites is 1. The molecule has 0 atom stereocenters. The first-order chi connectivity index (χ1) is 7.18. The Labute approximate surface area is 99.4 Å². The Hall–Kier alpha value is -1.75. The lowest BCUT2D eigenvalue weighted by molar-refractivity contribution is -0.145. The van der Waals surface area contributed by atoms with Gasteiger partial charge in [0.2, 0.25) is 0 Å². The lowest BCUT2D eigenvalue weighted by Crippen LogP contribution is -2.24. The van der Waals surface area contributed by atoms with Crippen LogP contribution in [0.3, 0.4) is 0 Å². The number of carbonyl (C=O) groups is 2. The lowest BCUT2D eigenvalue weighted by atomic mass is 10.3. The van der Waals surface area contributed by atoms with E-state index in [4.69, 9.17) is 5.73 Å². The minimum absolute atomic E-state index is 0. The number of amides is 1. The van der Waals surface area contributed by atoms with Crippen molar-refractivity contribution < 1.29 is 14.3 Å². The Morgan fingerprint density at radius 1 is 1.25 bits per heavy atom. The number of hydrogen-bond acceptors (Lipinski definition) is 4. The van der Waals surface area contributed by atoms with Crippen LogP contribution in [-0.4, -0.2) is 25.0 Å². The molecule has 16 heavy (non-hydrogen) atoms. The summed E-state index contributed by atoms with van der Waals surface area (Å²) in [5.74, 6) is -1.18. The Balaban J connectivity index is 0.00000225. The number of nitrogens with two attached hydrogens (primary N) is 1. The van der Waals surface area contributed by atoms with Gasteiger partial charge in [-0.05, 0) is 12.1 Å². The third-order valence-electron chi connectivity index (χ3n) is 1.59. The fraction of sp³-hybridized carbons (Fsp3) is 0.200. The van der Waals surface area contributed by atoms with Crippen molar-refractivity contribution in [3.63, 3.8) is 0 Å². The zero-order valence-electron chi connectivity index (χ0n) is 8.51. The van der Waals surface area contributed by atoms with E-state index in [2.05, 4.69) is 10.1 Å². The number of rotatable bonds is 5. The normalized spacial score (nSPS) is 8.75. The molecule has 0 aromatic heterocycles. The highest BCUT2D eigenvalue weighted by Gasteiger charge is 2.03. The van der Waals surface area contributed by atoms with E-state index in [9.17, 15) is 9.59 Å². The first kappa shape index (κ1) is 14.2. The maximum atomic E-state index is 11.0. The maximum Gasteiger partial charge on any atom is 0.325 e. The Morgan fingerprint density at radius 3 is 2.44 bits per heavy atom. The minimum Gasteiger partial charge on any atom is -0.454 e. The van der Waals surface area contributed by atoms with E-state index in [1.54, 1.807) is 0 Å². The number of primary amides is 1. The van der Waals surface area contributed by atoms with E-state index < -0.39 is 11.9 Å². The summed E-state index contributed by atoms with van der Waals surface area (Å²) < 4.78 is 4.55. The van der Waals surface area contributed by atoms with Gasteiger partial charge in [-0.3, -0.25) is 9.59 Å². The molecule has 1 amide bonds. The monoisotopic (exact) mass is 244 g/mol. The standard InChI is InChI=1S/C10H12N2O3.ClH/c11-9(13)7-15-10(14)6-12-8-4-2-1-3-5-8;/h1-5,12H,6-7H2,(H2,11,13);1H. The molecular formula is C10H13ClN2O3. The summed E-state index contributed by atoms with van der Waals surface area (Å²) in [6, 6.07) is 9.20. The number of hydrogen-bond donors (Lipinski definition) is 2. The van der Waals surface area contributed by atoms with E-state index in [1.165, 1.54) is 0 Å². The summed E-state index contributed by atoms with van der Waals surface area (Å²) in [6.07, 6.45) is 0. The number of anilines is 1. The second kappa shape index (κ2) is 7.53. The summed E-state index contributed by atoms with van der Waals surface area (Å²) in [7, 11) is 0. The molecule has 0 saturated carbocycles. The second-order valence-electron chi connectivity index (χ2n) is 2.85. The molecule has 0 bridgehead atoms. The summed E-state index contributed by atoms with van der Waals surface area (Å²) in [6.45, 7) is -0.368. The van der Waals surface area contributed by atoms with Crippen LogP contribution in [-0.2, 0) is 14.3 Å². The van der Waals surface area contributed by atoms with Gasteiger partial charge in [-0.25, -0.2) is 0 Å². The SMILES string of the molecule is Cl.NC(=O)COC(=O)CNc1ccccc1. The van der Waals surface area contributed by atoms with E-state index in [1.807, 2.05) is 30.3 Å². The third-order valence-corrected chi connectivity index (χ3v) is 1.59. The second-order valence-corrected chi connectivity index (χ2v) is 2.85. The molecule has 5 nitrogen and oxygen atoms in total. The van der Waals surface area contributed by atoms with Gasteiger partial charge in [0, 0.05) is 5.69 Å². The van der Waals surface area contributed by atoms with E-state index >= 15 is 0 Å². The quantitative estimate of drug-likeness (QED) is 0.741. The molecule has 0 radical (unpaired) electrons. The van der Waals surface area contributed by atoms with E-state index in [0.29, 0.717) is 0 Å². The highest BCUT2D eigenvalue weighted by molar-refractivity contribution is 5.85. The number of ether oxygens (including phenoxy) is 1. The van der Waals surface area contributed by atoms with Gasteiger partial charge in [0.05, 0.1) is 0 Å². The van der Waals surface area contributed by atoms with Crippen LogP contribution >= 0.6 is 12.4 Å². The van der Waals surface area contributed by atoms with Crippen molar-refractivity contribution >= 4 is 30.0 Å². The molecule has 1 aromatic carbocycles. The molecule has 0 fully saturated rings. The van der Waals surface area contributed by atoms with Crippen LogP contribution in [0.15, 0.2) is 30.3 Å². The summed E-state index contributed by atoms with van der Waals surface area (Å²) in [5, 5.41) is 2.84. The Bertz CT molecular complexity index is 343. The Morgan fingerprint density at radius 2 is 1.88 bits per heavy atom. The Kier molecular flexibility index (Phi) is 6.71. The van der Waals surface area contributed by atoms with Gasteiger partial charge in [0.15, 0.2) is 6.61 Å². The van der Waals surface area contributed by atoms with Gasteiger partial charge in [0.25, 0.3) is 5.91 Å². The smallest absolute Gasteiger partial charge is 0.325 e. The zero-order chi connectivity index (χ0) is 11.1. The maximum absolute atomic E-state index is 11.0. The van der Waals surface area contributed by atoms with Crippen molar-refractivity contribution in [3.8, 4) is 0 Å². The molecule has 1 rings (SSSR count). The van der Waals surface area contributed by atoms with Crippen molar-refractivity contribution in [2.24, 2.45) is 5.73 Å². The fourth-order valence-electron chi connectivity index (χ4n) is 0.933. The van der Waals surface area contributed by atoms with Crippen LogP contribution in [0.4, 0.5) is 5.69 Å². The average molecular weight is 245 g/mol. The molecule has 88 valence electrons. The molecular weight excluding hydrogens is 232 g/mol. The summed E-state index contributed by atoms with van der Waals surface area (Å²) in [5.41, 5.74) is 5.62. The molecule has 0 unspecified atom stereocenters. The number of benzene rings is 1. The number of halogens is 1. The minimum atomic E-state index is -0.664. The van der Waals surface area contributed by atoms with Gasteiger partial charge in [-0.1, -0.05) is 18.2 Å². The first-order valence-electron chi connectivity index (χ1n) is 4.41. The molecule has 0 aliphatic heterocycles. The van der Waals surface area contributed by atoms with Crippen LogP contribution in [0.1, 0.15) is 0 Å². The van der Waals surface area contributed by atoms with E-state index in [0.717, 1.165) is 5.69 Å². The largest absolute Gasteiger partial charge is 0.454 e. The summed E-state index contributed by atoms with van der Waals surface area (Å²) in [4.78, 5) is 21.3. The van der Waals surface area contributed by atoms with Crippen molar-refractivity contribution in [3.05, 3.63) is 30.3 Å². The summed E-state index contributed by atoms with van der Waals surface area (Å²) >= 11 is 0. The number of carbonyl (C=O) groups excluding carboxylic acids is 2. The fourth-order valence-corrected chi connectivity index (χ4v) is 0.933. The molecule has 6 heteroatoms. The number of esters is 1. The topological polar surface area (TPSA) is 81.4 Å². The lowest BCUT2D eigenvalue weighted by Gasteiger charge is -2.05. The van der Waals surface area contributed by atoms with Crippen LogP contribution in [0, 0.1) is 0 Å².